The van der Waals surface area contributed by atoms with E-state index >= 15 is 0 Å². The molecule has 3 amide bonds. The first-order valence-electron chi connectivity index (χ1n) is 12.8. The first kappa shape index (κ1) is 27.7. The molecule has 3 heterocycles. The normalized spacial score (nSPS) is 17.5. The van der Waals surface area contributed by atoms with Gasteiger partial charge in [-0.2, -0.15) is 0 Å². The lowest BCUT2D eigenvalue weighted by Crippen LogP contribution is -2.50. The fourth-order valence-electron chi connectivity index (χ4n) is 4.95. The summed E-state index contributed by atoms with van der Waals surface area (Å²) >= 11 is 0. The topological polar surface area (TPSA) is 134 Å². The highest BCUT2D eigenvalue weighted by Gasteiger charge is 2.47. The van der Waals surface area contributed by atoms with Crippen LogP contribution < -0.4 is 15.5 Å². The maximum absolute atomic E-state index is 13.6. The van der Waals surface area contributed by atoms with Crippen LogP contribution in [0.4, 0.5) is 0 Å². The van der Waals surface area contributed by atoms with Crippen LogP contribution in [0.25, 0.3) is 0 Å². The molecule has 3 N–H and O–H groups in total. The molecule has 2 aromatic heterocycles. The lowest BCUT2D eigenvalue weighted by molar-refractivity contribution is -0.144. The standard InChI is InChI=1S/C29H33N5O5/c1-19-15-21(16-20(2)32-19)18-39-24-8-6-23(7-9-24)29(3)11-14-34(28(29)37)25(27(36)33-38)10-13-31-26(35)22-5-4-12-30-17-22/h4-9,12,15-17,25,38H,10-11,13-14,18H2,1-3H3,(H,31,35)(H,33,36). The van der Waals surface area contributed by atoms with Crippen molar-refractivity contribution in [2.75, 3.05) is 13.1 Å². The van der Waals surface area contributed by atoms with Crippen LogP contribution in [0.1, 0.15) is 52.6 Å². The van der Waals surface area contributed by atoms with E-state index in [2.05, 4.69) is 15.3 Å². The fourth-order valence-corrected chi connectivity index (χ4v) is 4.95. The summed E-state index contributed by atoms with van der Waals surface area (Å²) in [5.74, 6) is -0.571. The molecule has 0 aliphatic carbocycles. The molecule has 1 aromatic carbocycles. The molecule has 0 bridgehead atoms. The summed E-state index contributed by atoms with van der Waals surface area (Å²) in [6.07, 6.45) is 3.65. The van der Waals surface area contributed by atoms with Crippen molar-refractivity contribution >= 4 is 17.7 Å². The third kappa shape index (κ3) is 6.40. The summed E-state index contributed by atoms with van der Waals surface area (Å²) in [6, 6.07) is 13.7. The molecule has 4 rings (SSSR count). The van der Waals surface area contributed by atoms with E-state index < -0.39 is 17.4 Å². The van der Waals surface area contributed by atoms with Crippen molar-refractivity contribution in [1.29, 1.82) is 0 Å². The third-order valence-corrected chi connectivity index (χ3v) is 7.04. The molecule has 204 valence electrons. The van der Waals surface area contributed by atoms with E-state index in [-0.39, 0.29) is 24.8 Å². The maximum Gasteiger partial charge on any atom is 0.266 e. The zero-order valence-corrected chi connectivity index (χ0v) is 22.3. The van der Waals surface area contributed by atoms with Gasteiger partial charge in [0.25, 0.3) is 11.8 Å². The predicted octanol–water partition coefficient (Wildman–Crippen LogP) is 2.86. The summed E-state index contributed by atoms with van der Waals surface area (Å²) in [4.78, 5) is 48.2. The van der Waals surface area contributed by atoms with E-state index in [1.807, 2.05) is 57.2 Å². The van der Waals surface area contributed by atoms with Gasteiger partial charge in [0.05, 0.1) is 11.0 Å². The summed E-state index contributed by atoms with van der Waals surface area (Å²) in [6.45, 7) is 6.62. The Morgan fingerprint density at radius 1 is 1.15 bits per heavy atom. The monoisotopic (exact) mass is 531 g/mol. The quantitative estimate of drug-likeness (QED) is 0.271. The second kappa shape index (κ2) is 12.0. The van der Waals surface area contributed by atoms with E-state index in [9.17, 15) is 19.6 Å². The number of aromatic nitrogens is 2. The summed E-state index contributed by atoms with van der Waals surface area (Å²) < 4.78 is 5.94. The van der Waals surface area contributed by atoms with Gasteiger partial charge in [-0.1, -0.05) is 12.1 Å². The molecule has 1 saturated heterocycles. The number of hydrogen-bond acceptors (Lipinski definition) is 7. The van der Waals surface area contributed by atoms with Gasteiger partial charge in [-0.25, -0.2) is 5.48 Å². The summed E-state index contributed by atoms with van der Waals surface area (Å²) in [5.41, 5.74) is 4.93. The van der Waals surface area contributed by atoms with Crippen LogP contribution in [-0.4, -0.2) is 56.9 Å². The minimum Gasteiger partial charge on any atom is -0.489 e. The fraction of sp³-hybridized carbons (Fsp3) is 0.345. The number of rotatable bonds is 10. The van der Waals surface area contributed by atoms with Gasteiger partial charge in [-0.05, 0) is 81.1 Å². The van der Waals surface area contributed by atoms with Crippen molar-refractivity contribution in [3.05, 3.63) is 89.0 Å². The maximum atomic E-state index is 13.6. The molecule has 10 nitrogen and oxygen atoms in total. The number of nitrogens with one attached hydrogen (secondary N) is 2. The average molecular weight is 532 g/mol. The highest BCUT2D eigenvalue weighted by atomic mass is 16.5. The van der Waals surface area contributed by atoms with Gasteiger partial charge >= 0.3 is 0 Å². The van der Waals surface area contributed by atoms with Gasteiger partial charge in [0.15, 0.2) is 0 Å². The number of hydrogen-bond donors (Lipinski definition) is 3. The van der Waals surface area contributed by atoms with E-state index in [1.54, 1.807) is 23.8 Å². The van der Waals surface area contributed by atoms with Crippen LogP contribution in [0.3, 0.4) is 0 Å². The molecule has 10 heteroatoms. The Balaban J connectivity index is 1.40. The van der Waals surface area contributed by atoms with Gasteiger partial charge in [-0.3, -0.25) is 29.6 Å². The van der Waals surface area contributed by atoms with Gasteiger partial charge in [0.2, 0.25) is 5.91 Å². The molecule has 0 radical (unpaired) electrons. The number of carbonyl (C=O) groups is 3. The Hall–Kier alpha value is -4.31. The van der Waals surface area contributed by atoms with Gasteiger partial charge in [0, 0.05) is 36.9 Å². The van der Waals surface area contributed by atoms with Gasteiger partial charge in [0.1, 0.15) is 18.4 Å². The predicted molar refractivity (Wildman–Crippen MR) is 143 cm³/mol. The first-order valence-corrected chi connectivity index (χ1v) is 12.8. The Labute approximate surface area is 227 Å². The van der Waals surface area contributed by atoms with Crippen LogP contribution in [-0.2, 0) is 21.6 Å². The molecule has 1 fully saturated rings. The lowest BCUT2D eigenvalue weighted by atomic mass is 9.81. The smallest absolute Gasteiger partial charge is 0.266 e. The number of amides is 3. The Morgan fingerprint density at radius 3 is 2.51 bits per heavy atom. The molecule has 39 heavy (non-hydrogen) atoms. The molecule has 0 saturated carbocycles. The molecule has 0 spiro atoms. The molecule has 1 aliphatic heterocycles. The zero-order chi connectivity index (χ0) is 28.0. The van der Waals surface area contributed by atoms with Gasteiger partial charge in [-0.15, -0.1) is 0 Å². The largest absolute Gasteiger partial charge is 0.489 e. The Kier molecular flexibility index (Phi) is 8.55. The number of carbonyl (C=O) groups excluding carboxylic acids is 3. The highest BCUT2D eigenvalue weighted by Crippen LogP contribution is 2.37. The Morgan fingerprint density at radius 2 is 1.87 bits per heavy atom. The Bertz CT molecular complexity index is 1310. The lowest BCUT2D eigenvalue weighted by Gasteiger charge is -2.29. The van der Waals surface area contributed by atoms with Crippen LogP contribution >= 0.6 is 0 Å². The van der Waals surface area contributed by atoms with Crippen molar-refractivity contribution in [1.82, 2.24) is 25.7 Å². The molecular weight excluding hydrogens is 498 g/mol. The number of likely N-dealkylation sites (tertiary alicyclic amines) is 1. The second-order valence-corrected chi connectivity index (χ2v) is 9.93. The molecule has 2 atom stereocenters. The minimum absolute atomic E-state index is 0.134. The SMILES string of the molecule is Cc1cc(COc2ccc(C3(C)CCN(C(CCNC(=O)c4cccnc4)C(=O)NO)C3=O)cc2)cc(C)n1. The number of benzene rings is 1. The second-order valence-electron chi connectivity index (χ2n) is 9.93. The van der Waals surface area contributed by atoms with Crippen LogP contribution in [0.2, 0.25) is 0 Å². The van der Waals surface area contributed by atoms with Crippen LogP contribution in [0.15, 0.2) is 60.9 Å². The number of nitrogens with zero attached hydrogens (tertiary/aromatic N) is 3. The molecule has 2 unspecified atom stereocenters. The van der Waals surface area contributed by atoms with Crippen molar-refractivity contribution in [2.45, 2.75) is 51.7 Å². The number of ether oxygens (including phenoxy) is 1. The van der Waals surface area contributed by atoms with Gasteiger partial charge < -0.3 is 15.0 Å². The van der Waals surface area contributed by atoms with E-state index in [1.165, 1.54) is 11.1 Å². The van der Waals surface area contributed by atoms with Crippen molar-refractivity contribution in [3.8, 4) is 5.75 Å². The first-order chi connectivity index (χ1) is 18.7. The summed E-state index contributed by atoms with van der Waals surface area (Å²) in [7, 11) is 0. The number of aryl methyl sites for hydroxylation is 2. The number of hydroxylamine groups is 1. The van der Waals surface area contributed by atoms with E-state index in [0.717, 1.165) is 22.5 Å². The molecular formula is C29H33N5O5. The third-order valence-electron chi connectivity index (χ3n) is 7.04. The average Bonchev–Trinajstić information content (AvgIpc) is 3.24. The summed E-state index contributed by atoms with van der Waals surface area (Å²) in [5, 5.41) is 12.1. The van der Waals surface area contributed by atoms with Crippen molar-refractivity contribution < 1.29 is 24.3 Å². The molecule has 3 aromatic rings. The zero-order valence-electron chi connectivity index (χ0n) is 22.3. The van der Waals surface area contributed by atoms with Crippen LogP contribution in [0.5, 0.6) is 5.75 Å². The minimum atomic E-state index is -0.937. The van der Waals surface area contributed by atoms with E-state index in [4.69, 9.17) is 4.74 Å². The number of pyridine rings is 2. The van der Waals surface area contributed by atoms with Crippen molar-refractivity contribution in [2.24, 2.45) is 0 Å². The van der Waals surface area contributed by atoms with Crippen molar-refractivity contribution in [3.63, 3.8) is 0 Å². The highest BCUT2D eigenvalue weighted by molar-refractivity contribution is 5.95. The van der Waals surface area contributed by atoms with Crippen LogP contribution in [0, 0.1) is 13.8 Å². The van der Waals surface area contributed by atoms with E-state index in [0.29, 0.717) is 30.9 Å². The molecule has 1 aliphatic rings.